The zero-order chi connectivity index (χ0) is 14.1. The summed E-state index contributed by atoms with van der Waals surface area (Å²) in [6.45, 7) is 2.03. The first kappa shape index (κ1) is 14.0. The van der Waals surface area contributed by atoms with Gasteiger partial charge in [-0.3, -0.25) is 0 Å². The molecule has 1 atom stereocenters. The number of nitrogens with zero attached hydrogens (tertiary/aromatic N) is 3. The van der Waals surface area contributed by atoms with Gasteiger partial charge in [0.1, 0.15) is 5.82 Å². The Kier molecular flexibility index (Phi) is 4.07. The van der Waals surface area contributed by atoms with Gasteiger partial charge in [-0.2, -0.15) is 4.98 Å². The highest BCUT2D eigenvalue weighted by atomic mass is 79.9. The van der Waals surface area contributed by atoms with Crippen molar-refractivity contribution in [1.29, 1.82) is 0 Å². The lowest BCUT2D eigenvalue weighted by molar-refractivity contribution is 0.0597. The molecule has 1 aromatic carbocycles. The van der Waals surface area contributed by atoms with Crippen LogP contribution < -0.4 is 4.90 Å². The Hall–Kier alpha value is -0.950. The summed E-state index contributed by atoms with van der Waals surface area (Å²) >= 11 is 9.44. The molecule has 0 saturated carbocycles. The van der Waals surface area contributed by atoms with Crippen molar-refractivity contribution in [2.24, 2.45) is 0 Å². The van der Waals surface area contributed by atoms with E-state index in [9.17, 15) is 5.11 Å². The van der Waals surface area contributed by atoms with E-state index in [1.54, 1.807) is 0 Å². The molecule has 1 aliphatic heterocycles. The average molecular weight is 359 g/mol. The molecule has 0 radical (unpaired) electrons. The molecule has 0 amide bonds. The fourth-order valence-electron chi connectivity index (χ4n) is 2.28. The van der Waals surface area contributed by atoms with Gasteiger partial charge in [0, 0.05) is 22.9 Å². The number of anilines is 1. The number of aromatic nitrogens is 2. The maximum Gasteiger partial charge on any atom is 0.224 e. The number of aliphatic hydroxyl groups is 1. The molecule has 0 bridgehead atoms. The summed E-state index contributed by atoms with van der Waals surface area (Å²) < 4.78 is 6.28. The van der Waals surface area contributed by atoms with Crippen molar-refractivity contribution >= 4 is 44.3 Å². The number of ether oxygens (including phenoxy) is 1. The lowest BCUT2D eigenvalue weighted by atomic mass is 10.2. The van der Waals surface area contributed by atoms with Crippen molar-refractivity contribution in [3.8, 4) is 0 Å². The van der Waals surface area contributed by atoms with Crippen molar-refractivity contribution < 1.29 is 9.84 Å². The highest BCUT2D eigenvalue weighted by molar-refractivity contribution is 9.10. The average Bonchev–Trinajstić information content (AvgIpc) is 2.62. The smallest absolute Gasteiger partial charge is 0.224 e. The molecule has 0 aliphatic carbocycles. The molecule has 1 aromatic heterocycles. The SMILES string of the molecule is O[C@@H]1COCCN(c2nc(Cl)nc3cc(Br)ccc23)C1. The number of rotatable bonds is 1. The fraction of sp³-hybridized carbons (Fsp3) is 0.385. The van der Waals surface area contributed by atoms with Crippen LogP contribution in [0.5, 0.6) is 0 Å². The number of benzene rings is 1. The van der Waals surface area contributed by atoms with Crippen LogP contribution >= 0.6 is 27.5 Å². The van der Waals surface area contributed by atoms with Gasteiger partial charge in [0.2, 0.25) is 5.28 Å². The molecule has 2 aromatic rings. The molecule has 2 heterocycles. The van der Waals surface area contributed by atoms with E-state index >= 15 is 0 Å². The third kappa shape index (κ3) is 2.88. The molecule has 0 unspecified atom stereocenters. The Labute approximate surface area is 129 Å². The summed E-state index contributed by atoms with van der Waals surface area (Å²) in [5, 5.41) is 11.0. The van der Waals surface area contributed by atoms with Crippen LogP contribution in [0.1, 0.15) is 0 Å². The molecule has 106 valence electrons. The third-order valence-corrected chi connectivity index (χ3v) is 3.82. The topological polar surface area (TPSA) is 58.5 Å². The minimum atomic E-state index is -0.531. The highest BCUT2D eigenvalue weighted by Gasteiger charge is 2.20. The van der Waals surface area contributed by atoms with Crippen molar-refractivity contribution in [1.82, 2.24) is 9.97 Å². The Bertz CT molecular complexity index is 635. The van der Waals surface area contributed by atoms with Crippen LogP contribution in [-0.4, -0.2) is 47.5 Å². The Morgan fingerprint density at radius 2 is 2.25 bits per heavy atom. The van der Waals surface area contributed by atoms with E-state index in [4.69, 9.17) is 16.3 Å². The third-order valence-electron chi connectivity index (χ3n) is 3.16. The number of hydrogen-bond donors (Lipinski definition) is 1. The molecule has 1 aliphatic rings. The van der Waals surface area contributed by atoms with E-state index in [-0.39, 0.29) is 5.28 Å². The molecule has 3 rings (SSSR count). The van der Waals surface area contributed by atoms with Crippen LogP contribution in [-0.2, 0) is 4.74 Å². The minimum Gasteiger partial charge on any atom is -0.389 e. The first-order valence-electron chi connectivity index (χ1n) is 6.27. The predicted octanol–water partition coefficient (Wildman–Crippen LogP) is 2.24. The Balaban J connectivity index is 2.09. The van der Waals surface area contributed by atoms with Gasteiger partial charge in [0.05, 0.1) is 24.8 Å². The second kappa shape index (κ2) is 5.81. The standard InChI is InChI=1S/C13H13BrClN3O2/c14-8-1-2-10-11(5-8)16-13(15)17-12(10)18-3-4-20-7-9(19)6-18/h1-2,5,9,19H,3-4,6-7H2/t9-/m0/s1. The van der Waals surface area contributed by atoms with Gasteiger partial charge in [0.15, 0.2) is 0 Å². The molecule has 1 N–H and O–H groups in total. The highest BCUT2D eigenvalue weighted by Crippen LogP contribution is 2.28. The molecule has 7 heteroatoms. The van der Waals surface area contributed by atoms with Crippen LogP contribution in [0.15, 0.2) is 22.7 Å². The molecule has 0 spiro atoms. The van der Waals surface area contributed by atoms with Crippen molar-refractivity contribution in [3.63, 3.8) is 0 Å². The quantitative estimate of drug-likeness (QED) is 0.792. The summed E-state index contributed by atoms with van der Waals surface area (Å²) in [5.74, 6) is 0.733. The van der Waals surface area contributed by atoms with Gasteiger partial charge >= 0.3 is 0 Å². The largest absolute Gasteiger partial charge is 0.389 e. The second-order valence-corrected chi connectivity index (χ2v) is 5.91. The number of hydrogen-bond acceptors (Lipinski definition) is 5. The molecule has 5 nitrogen and oxygen atoms in total. The van der Waals surface area contributed by atoms with E-state index < -0.39 is 6.10 Å². The van der Waals surface area contributed by atoms with Crippen LogP contribution in [0.2, 0.25) is 5.28 Å². The number of β-amino-alcohol motifs (C(OH)–C–C–N with tert-alkyl or cyclic N) is 1. The predicted molar refractivity (Wildman–Crippen MR) is 81.3 cm³/mol. The van der Waals surface area contributed by atoms with Crippen LogP contribution in [0.25, 0.3) is 10.9 Å². The number of halogens is 2. The monoisotopic (exact) mass is 357 g/mol. The summed E-state index contributed by atoms with van der Waals surface area (Å²) in [6.07, 6.45) is -0.531. The molecular formula is C13H13BrClN3O2. The zero-order valence-electron chi connectivity index (χ0n) is 10.6. The van der Waals surface area contributed by atoms with Crippen molar-refractivity contribution in [2.45, 2.75) is 6.10 Å². The number of aliphatic hydroxyl groups excluding tert-OH is 1. The Morgan fingerprint density at radius 3 is 3.10 bits per heavy atom. The van der Waals surface area contributed by atoms with Gasteiger partial charge in [-0.15, -0.1) is 0 Å². The maximum atomic E-state index is 9.86. The zero-order valence-corrected chi connectivity index (χ0v) is 12.9. The van der Waals surface area contributed by atoms with Crippen LogP contribution in [0, 0.1) is 0 Å². The maximum absolute atomic E-state index is 9.86. The van der Waals surface area contributed by atoms with Crippen LogP contribution in [0.3, 0.4) is 0 Å². The van der Waals surface area contributed by atoms with Gasteiger partial charge < -0.3 is 14.7 Å². The van der Waals surface area contributed by atoms with E-state index in [0.717, 1.165) is 21.2 Å². The summed E-state index contributed by atoms with van der Waals surface area (Å²) in [6, 6.07) is 5.79. The fourth-order valence-corrected chi connectivity index (χ4v) is 2.80. The normalized spacial score (nSPS) is 20.1. The molecule has 1 fully saturated rings. The molecule has 1 saturated heterocycles. The van der Waals surface area contributed by atoms with Gasteiger partial charge in [0.25, 0.3) is 0 Å². The molecular weight excluding hydrogens is 346 g/mol. The van der Waals surface area contributed by atoms with Crippen molar-refractivity contribution in [2.75, 3.05) is 31.2 Å². The van der Waals surface area contributed by atoms with E-state index in [0.29, 0.717) is 26.3 Å². The molecule has 20 heavy (non-hydrogen) atoms. The first-order chi connectivity index (χ1) is 9.63. The van der Waals surface area contributed by atoms with Crippen LogP contribution in [0.4, 0.5) is 5.82 Å². The summed E-state index contributed by atoms with van der Waals surface area (Å²) in [7, 11) is 0. The van der Waals surface area contributed by atoms with E-state index in [1.807, 2.05) is 23.1 Å². The lowest BCUT2D eigenvalue weighted by Gasteiger charge is -2.23. The van der Waals surface area contributed by atoms with Crippen molar-refractivity contribution in [3.05, 3.63) is 28.0 Å². The summed E-state index contributed by atoms with van der Waals surface area (Å²) in [5.41, 5.74) is 0.772. The lowest BCUT2D eigenvalue weighted by Crippen LogP contribution is -2.33. The van der Waals surface area contributed by atoms with E-state index in [2.05, 4.69) is 25.9 Å². The van der Waals surface area contributed by atoms with Gasteiger partial charge in [-0.25, -0.2) is 4.98 Å². The van der Waals surface area contributed by atoms with Gasteiger partial charge in [-0.05, 0) is 29.8 Å². The second-order valence-electron chi connectivity index (χ2n) is 4.65. The number of fused-ring (bicyclic) bond motifs is 1. The van der Waals surface area contributed by atoms with Gasteiger partial charge in [-0.1, -0.05) is 15.9 Å². The first-order valence-corrected chi connectivity index (χ1v) is 7.44. The minimum absolute atomic E-state index is 0.199. The Morgan fingerprint density at radius 1 is 1.40 bits per heavy atom. The summed E-state index contributed by atoms with van der Waals surface area (Å²) in [4.78, 5) is 10.6. The van der Waals surface area contributed by atoms with E-state index in [1.165, 1.54) is 0 Å².